The average Bonchev–Trinajstić information content (AvgIpc) is 2.52. The summed E-state index contributed by atoms with van der Waals surface area (Å²) in [5, 5.41) is 2.87. The zero-order valence-corrected chi connectivity index (χ0v) is 12.7. The van der Waals surface area contributed by atoms with Gasteiger partial charge in [0.1, 0.15) is 0 Å². The second kappa shape index (κ2) is 7.19. The van der Waals surface area contributed by atoms with Gasteiger partial charge < -0.3 is 5.32 Å². The van der Waals surface area contributed by atoms with E-state index in [0.717, 1.165) is 12.8 Å². The second-order valence-electron chi connectivity index (χ2n) is 4.59. The number of aromatic nitrogens is 1. The molecular formula is C15H19N3O2S. The number of sulfonamides is 1. The monoisotopic (exact) mass is 305 g/mol. The van der Waals surface area contributed by atoms with Gasteiger partial charge in [-0.05, 0) is 30.5 Å². The molecule has 0 unspecified atom stereocenters. The van der Waals surface area contributed by atoms with Crippen molar-refractivity contribution in [2.45, 2.75) is 17.9 Å². The molecule has 2 aromatic rings. The van der Waals surface area contributed by atoms with Crippen LogP contribution in [0.5, 0.6) is 0 Å². The Morgan fingerprint density at radius 1 is 1.10 bits per heavy atom. The lowest BCUT2D eigenvalue weighted by Crippen LogP contribution is -2.26. The van der Waals surface area contributed by atoms with Gasteiger partial charge in [0, 0.05) is 19.8 Å². The lowest BCUT2D eigenvalue weighted by molar-refractivity contribution is 0.575. The van der Waals surface area contributed by atoms with Crippen LogP contribution < -0.4 is 10.0 Å². The van der Waals surface area contributed by atoms with Gasteiger partial charge in [-0.15, -0.1) is 0 Å². The molecule has 1 heterocycles. The molecule has 0 saturated carbocycles. The van der Waals surface area contributed by atoms with Crippen LogP contribution in [0.15, 0.2) is 53.7 Å². The van der Waals surface area contributed by atoms with E-state index in [4.69, 9.17) is 0 Å². The van der Waals surface area contributed by atoms with Crippen LogP contribution in [0, 0.1) is 0 Å². The van der Waals surface area contributed by atoms with E-state index in [1.807, 2.05) is 30.3 Å². The molecule has 1 aromatic carbocycles. The second-order valence-corrected chi connectivity index (χ2v) is 6.28. The van der Waals surface area contributed by atoms with E-state index >= 15 is 0 Å². The van der Waals surface area contributed by atoms with Crippen molar-refractivity contribution in [3.05, 3.63) is 54.2 Å². The quantitative estimate of drug-likeness (QED) is 0.768. The SMILES string of the molecule is CNc1cccnc1S(=O)(=O)NCCCc1ccccc1. The Labute approximate surface area is 125 Å². The van der Waals surface area contributed by atoms with Gasteiger partial charge in [0.25, 0.3) is 10.0 Å². The molecule has 5 nitrogen and oxygen atoms in total. The van der Waals surface area contributed by atoms with E-state index in [1.165, 1.54) is 11.8 Å². The smallest absolute Gasteiger partial charge is 0.260 e. The number of pyridine rings is 1. The van der Waals surface area contributed by atoms with Crippen molar-refractivity contribution in [2.75, 3.05) is 18.9 Å². The first-order valence-corrected chi connectivity index (χ1v) is 8.28. The van der Waals surface area contributed by atoms with E-state index in [9.17, 15) is 8.42 Å². The highest BCUT2D eigenvalue weighted by atomic mass is 32.2. The topological polar surface area (TPSA) is 71.1 Å². The molecule has 0 saturated heterocycles. The van der Waals surface area contributed by atoms with Gasteiger partial charge in [-0.25, -0.2) is 18.1 Å². The standard InChI is InChI=1S/C15H19N3O2S/c1-16-14-10-6-11-17-15(14)21(19,20)18-12-5-9-13-7-3-2-4-8-13/h2-4,6-8,10-11,16,18H,5,9,12H2,1H3. The minimum atomic E-state index is -3.58. The molecule has 0 radical (unpaired) electrons. The molecule has 0 fully saturated rings. The Morgan fingerprint density at radius 2 is 1.86 bits per heavy atom. The fourth-order valence-electron chi connectivity index (χ4n) is 2.01. The van der Waals surface area contributed by atoms with Gasteiger partial charge in [0.2, 0.25) is 0 Å². The van der Waals surface area contributed by atoms with Crippen molar-refractivity contribution in [2.24, 2.45) is 0 Å². The molecule has 112 valence electrons. The van der Waals surface area contributed by atoms with Crippen molar-refractivity contribution < 1.29 is 8.42 Å². The van der Waals surface area contributed by atoms with E-state index < -0.39 is 10.0 Å². The summed E-state index contributed by atoms with van der Waals surface area (Å²) in [6, 6.07) is 13.4. The fourth-order valence-corrected chi connectivity index (χ4v) is 3.22. The van der Waals surface area contributed by atoms with Gasteiger partial charge in [0.05, 0.1) is 5.69 Å². The van der Waals surface area contributed by atoms with E-state index in [1.54, 1.807) is 19.2 Å². The number of nitrogens with one attached hydrogen (secondary N) is 2. The summed E-state index contributed by atoms with van der Waals surface area (Å²) >= 11 is 0. The summed E-state index contributed by atoms with van der Waals surface area (Å²) < 4.78 is 27.0. The van der Waals surface area contributed by atoms with Crippen LogP contribution in [0.2, 0.25) is 0 Å². The predicted molar refractivity (Wildman–Crippen MR) is 83.7 cm³/mol. The number of nitrogens with zero attached hydrogens (tertiary/aromatic N) is 1. The molecule has 1 aromatic heterocycles. The summed E-state index contributed by atoms with van der Waals surface area (Å²) in [5.74, 6) is 0. The normalized spacial score (nSPS) is 11.3. The van der Waals surface area contributed by atoms with E-state index in [-0.39, 0.29) is 5.03 Å². The molecule has 0 spiro atoms. The highest BCUT2D eigenvalue weighted by molar-refractivity contribution is 7.89. The Hall–Kier alpha value is -1.92. The highest BCUT2D eigenvalue weighted by Gasteiger charge is 2.18. The number of hydrogen-bond donors (Lipinski definition) is 2. The number of anilines is 1. The van der Waals surface area contributed by atoms with Crippen LogP contribution in [-0.4, -0.2) is 27.0 Å². The third-order valence-corrected chi connectivity index (χ3v) is 4.49. The van der Waals surface area contributed by atoms with Crippen molar-refractivity contribution >= 4 is 15.7 Å². The molecule has 21 heavy (non-hydrogen) atoms. The summed E-state index contributed by atoms with van der Waals surface area (Å²) in [5.41, 5.74) is 1.69. The molecule has 0 bridgehead atoms. The molecule has 0 amide bonds. The van der Waals surface area contributed by atoms with Gasteiger partial charge in [-0.3, -0.25) is 0 Å². The average molecular weight is 305 g/mol. The molecule has 0 aliphatic heterocycles. The summed E-state index contributed by atoms with van der Waals surface area (Å²) in [6.07, 6.45) is 3.05. The van der Waals surface area contributed by atoms with Gasteiger partial charge in [-0.2, -0.15) is 0 Å². The number of aryl methyl sites for hydroxylation is 1. The van der Waals surface area contributed by atoms with Crippen molar-refractivity contribution in [3.63, 3.8) is 0 Å². The lowest BCUT2D eigenvalue weighted by atomic mass is 10.1. The van der Waals surface area contributed by atoms with Crippen molar-refractivity contribution in [1.29, 1.82) is 0 Å². The van der Waals surface area contributed by atoms with Crippen LogP contribution in [0.3, 0.4) is 0 Å². The Morgan fingerprint density at radius 3 is 2.57 bits per heavy atom. The molecule has 6 heteroatoms. The third kappa shape index (κ3) is 4.27. The van der Waals surface area contributed by atoms with Crippen molar-refractivity contribution in [3.8, 4) is 0 Å². The highest BCUT2D eigenvalue weighted by Crippen LogP contribution is 2.16. The van der Waals surface area contributed by atoms with Crippen LogP contribution >= 0.6 is 0 Å². The summed E-state index contributed by atoms with van der Waals surface area (Å²) in [7, 11) is -1.91. The lowest BCUT2D eigenvalue weighted by Gasteiger charge is -2.09. The first-order valence-electron chi connectivity index (χ1n) is 6.80. The minimum absolute atomic E-state index is 0.0345. The summed E-state index contributed by atoms with van der Waals surface area (Å²) in [6.45, 7) is 0.386. The zero-order chi connectivity index (χ0) is 15.1. The van der Waals surface area contributed by atoms with E-state index in [0.29, 0.717) is 12.2 Å². The minimum Gasteiger partial charge on any atom is -0.386 e. The first kappa shape index (κ1) is 15.5. The molecule has 0 aliphatic carbocycles. The molecule has 0 atom stereocenters. The van der Waals surface area contributed by atoms with Crippen LogP contribution in [0.1, 0.15) is 12.0 Å². The Kier molecular flexibility index (Phi) is 5.30. The van der Waals surface area contributed by atoms with Crippen molar-refractivity contribution in [1.82, 2.24) is 9.71 Å². The predicted octanol–water partition coefficient (Wildman–Crippen LogP) is 2.03. The third-order valence-electron chi connectivity index (χ3n) is 3.07. The molecule has 2 rings (SSSR count). The van der Waals surface area contributed by atoms with Crippen LogP contribution in [-0.2, 0) is 16.4 Å². The van der Waals surface area contributed by atoms with Gasteiger partial charge >= 0.3 is 0 Å². The maximum Gasteiger partial charge on any atom is 0.260 e. The largest absolute Gasteiger partial charge is 0.386 e. The van der Waals surface area contributed by atoms with Gasteiger partial charge in [-0.1, -0.05) is 30.3 Å². The van der Waals surface area contributed by atoms with E-state index in [2.05, 4.69) is 15.0 Å². The number of benzene rings is 1. The Balaban J connectivity index is 1.93. The number of rotatable bonds is 7. The zero-order valence-electron chi connectivity index (χ0n) is 11.9. The Bertz CT molecular complexity index is 672. The maximum atomic E-state index is 12.2. The summed E-state index contributed by atoms with van der Waals surface area (Å²) in [4.78, 5) is 3.95. The first-order chi connectivity index (χ1) is 10.1. The number of hydrogen-bond acceptors (Lipinski definition) is 4. The fraction of sp³-hybridized carbons (Fsp3) is 0.267. The maximum absolute atomic E-state index is 12.2. The molecular weight excluding hydrogens is 286 g/mol. The molecule has 0 aliphatic rings. The van der Waals surface area contributed by atoms with Crippen LogP contribution in [0.4, 0.5) is 5.69 Å². The van der Waals surface area contributed by atoms with Crippen LogP contribution in [0.25, 0.3) is 0 Å². The van der Waals surface area contributed by atoms with Gasteiger partial charge in [0.15, 0.2) is 5.03 Å². The molecule has 2 N–H and O–H groups in total.